The lowest BCUT2D eigenvalue weighted by atomic mass is 10.1. The molecule has 0 saturated heterocycles. The number of nitrogens with zero attached hydrogens (tertiary/aromatic N) is 3. The molecule has 5 heteroatoms. The Morgan fingerprint density at radius 2 is 1.86 bits per heavy atom. The van der Waals surface area contributed by atoms with Gasteiger partial charge in [-0.2, -0.15) is 5.10 Å². The van der Waals surface area contributed by atoms with Crippen LogP contribution in [-0.4, -0.2) is 25.4 Å². The van der Waals surface area contributed by atoms with Gasteiger partial charge >= 0.3 is 5.97 Å². The van der Waals surface area contributed by atoms with Crippen LogP contribution in [0.25, 0.3) is 11.5 Å². The minimum atomic E-state index is -0.991. The number of hydrogen-bond acceptors (Lipinski definition) is 2. The number of carbonyl (C=O) groups is 1. The predicted octanol–water partition coefficient (Wildman–Crippen LogP) is 2.92. The average molecular weight is 281 g/mol. The highest BCUT2D eigenvalue weighted by Gasteiger charge is 2.18. The number of rotatable bonds is 4. The summed E-state index contributed by atoms with van der Waals surface area (Å²) in [6.45, 7) is 2.09. The van der Waals surface area contributed by atoms with Gasteiger partial charge in [0.25, 0.3) is 0 Å². The van der Waals surface area contributed by atoms with Crippen molar-refractivity contribution < 1.29 is 9.90 Å². The van der Waals surface area contributed by atoms with E-state index in [1.165, 1.54) is 11.8 Å². The van der Waals surface area contributed by atoms with Crippen molar-refractivity contribution in [2.45, 2.75) is 13.3 Å². The Kier molecular flexibility index (Phi) is 3.31. The molecule has 0 aliphatic heterocycles. The standard InChI is InChI=1S/C16H15N3O2/c1-2-12-5-7-13(8-6-12)19-15(18-9-3-4-10-18)14(11-17-19)16(20)21/h3-11H,2H2,1H3,(H,20,21). The summed E-state index contributed by atoms with van der Waals surface area (Å²) >= 11 is 0. The molecule has 1 aromatic carbocycles. The molecule has 0 fully saturated rings. The predicted molar refractivity (Wildman–Crippen MR) is 79.2 cm³/mol. The van der Waals surface area contributed by atoms with Gasteiger partial charge in [0.05, 0.1) is 11.9 Å². The molecule has 0 aliphatic rings. The van der Waals surface area contributed by atoms with Gasteiger partial charge in [0.15, 0.2) is 5.82 Å². The Balaban J connectivity index is 2.16. The molecule has 21 heavy (non-hydrogen) atoms. The van der Waals surface area contributed by atoms with Crippen molar-refractivity contribution in [1.82, 2.24) is 14.3 Å². The van der Waals surface area contributed by atoms with Crippen LogP contribution in [0.5, 0.6) is 0 Å². The molecule has 0 radical (unpaired) electrons. The van der Waals surface area contributed by atoms with Crippen molar-refractivity contribution in [2.24, 2.45) is 0 Å². The molecule has 0 atom stereocenters. The zero-order valence-electron chi connectivity index (χ0n) is 11.6. The van der Waals surface area contributed by atoms with E-state index in [0.29, 0.717) is 5.82 Å². The van der Waals surface area contributed by atoms with Gasteiger partial charge in [-0.15, -0.1) is 0 Å². The van der Waals surface area contributed by atoms with Crippen LogP contribution in [0.4, 0.5) is 0 Å². The smallest absolute Gasteiger partial charge is 0.341 e. The van der Waals surface area contributed by atoms with E-state index in [1.54, 1.807) is 21.6 Å². The summed E-state index contributed by atoms with van der Waals surface area (Å²) in [6.07, 6.45) is 5.95. The molecular weight excluding hydrogens is 266 g/mol. The molecule has 5 nitrogen and oxygen atoms in total. The summed E-state index contributed by atoms with van der Waals surface area (Å²) in [4.78, 5) is 11.4. The van der Waals surface area contributed by atoms with Crippen molar-refractivity contribution in [3.8, 4) is 11.5 Å². The average Bonchev–Trinajstić information content (AvgIpc) is 3.16. The first-order chi connectivity index (χ1) is 10.2. The van der Waals surface area contributed by atoms with Gasteiger partial charge in [-0.25, -0.2) is 9.48 Å². The molecule has 0 unspecified atom stereocenters. The molecule has 2 aromatic heterocycles. The Bertz CT molecular complexity index is 755. The summed E-state index contributed by atoms with van der Waals surface area (Å²) in [5, 5.41) is 13.6. The highest BCUT2D eigenvalue weighted by molar-refractivity contribution is 5.91. The Morgan fingerprint density at radius 1 is 1.19 bits per heavy atom. The van der Waals surface area contributed by atoms with E-state index in [4.69, 9.17) is 0 Å². The largest absolute Gasteiger partial charge is 0.477 e. The van der Waals surface area contributed by atoms with Crippen molar-refractivity contribution in [2.75, 3.05) is 0 Å². The molecule has 0 aliphatic carbocycles. The Morgan fingerprint density at radius 3 is 2.43 bits per heavy atom. The molecule has 0 saturated carbocycles. The second kappa shape index (κ2) is 5.28. The lowest BCUT2D eigenvalue weighted by molar-refractivity contribution is 0.0697. The fraction of sp³-hybridized carbons (Fsp3) is 0.125. The number of carboxylic acid groups (broad SMARTS) is 1. The molecule has 0 spiro atoms. The Hall–Kier alpha value is -2.82. The lowest BCUT2D eigenvalue weighted by Gasteiger charge is -2.10. The van der Waals surface area contributed by atoms with Crippen LogP contribution in [0.3, 0.4) is 0 Å². The zero-order valence-corrected chi connectivity index (χ0v) is 11.6. The normalized spacial score (nSPS) is 10.7. The van der Waals surface area contributed by atoms with Crippen LogP contribution >= 0.6 is 0 Å². The van der Waals surface area contributed by atoms with Gasteiger partial charge in [-0.3, -0.25) is 0 Å². The maximum Gasteiger partial charge on any atom is 0.341 e. The minimum Gasteiger partial charge on any atom is -0.477 e. The molecular formula is C16H15N3O2. The second-order valence-electron chi connectivity index (χ2n) is 4.71. The third-order valence-electron chi connectivity index (χ3n) is 3.41. The number of aryl methyl sites for hydroxylation is 1. The zero-order chi connectivity index (χ0) is 14.8. The van der Waals surface area contributed by atoms with E-state index in [0.717, 1.165) is 12.1 Å². The highest BCUT2D eigenvalue weighted by Crippen LogP contribution is 2.20. The third kappa shape index (κ3) is 2.33. The van der Waals surface area contributed by atoms with E-state index in [-0.39, 0.29) is 5.56 Å². The SMILES string of the molecule is CCc1ccc(-n2ncc(C(=O)O)c2-n2cccc2)cc1. The maximum absolute atomic E-state index is 11.4. The first-order valence-electron chi connectivity index (χ1n) is 6.74. The van der Waals surface area contributed by atoms with Gasteiger partial charge in [-0.05, 0) is 36.2 Å². The van der Waals surface area contributed by atoms with Crippen LogP contribution in [-0.2, 0) is 6.42 Å². The van der Waals surface area contributed by atoms with Crippen molar-refractivity contribution in [1.29, 1.82) is 0 Å². The fourth-order valence-corrected chi connectivity index (χ4v) is 2.28. The van der Waals surface area contributed by atoms with Crippen LogP contribution < -0.4 is 0 Å². The van der Waals surface area contributed by atoms with E-state index >= 15 is 0 Å². The number of aromatic nitrogens is 3. The van der Waals surface area contributed by atoms with Gasteiger partial charge in [0, 0.05) is 12.4 Å². The van der Waals surface area contributed by atoms with E-state index in [1.807, 2.05) is 36.4 Å². The van der Waals surface area contributed by atoms with Crippen LogP contribution in [0, 0.1) is 0 Å². The van der Waals surface area contributed by atoms with Crippen LogP contribution in [0.15, 0.2) is 55.0 Å². The minimum absolute atomic E-state index is 0.172. The lowest BCUT2D eigenvalue weighted by Crippen LogP contribution is -2.08. The first kappa shape index (κ1) is 13.2. The molecule has 3 rings (SSSR count). The quantitative estimate of drug-likeness (QED) is 0.800. The summed E-state index contributed by atoms with van der Waals surface area (Å²) < 4.78 is 3.40. The third-order valence-corrected chi connectivity index (χ3v) is 3.41. The van der Waals surface area contributed by atoms with Crippen LogP contribution in [0.2, 0.25) is 0 Å². The van der Waals surface area contributed by atoms with Gasteiger partial charge in [-0.1, -0.05) is 19.1 Å². The molecule has 3 aromatic rings. The van der Waals surface area contributed by atoms with Gasteiger partial charge in [0.2, 0.25) is 0 Å². The summed E-state index contributed by atoms with van der Waals surface area (Å²) in [5.41, 5.74) is 2.24. The molecule has 106 valence electrons. The van der Waals surface area contributed by atoms with E-state index in [2.05, 4.69) is 12.0 Å². The summed E-state index contributed by atoms with van der Waals surface area (Å²) in [7, 11) is 0. The molecule has 1 N–H and O–H groups in total. The number of hydrogen-bond donors (Lipinski definition) is 1. The molecule has 0 amide bonds. The summed E-state index contributed by atoms with van der Waals surface area (Å²) in [6, 6.07) is 11.6. The second-order valence-corrected chi connectivity index (χ2v) is 4.71. The van der Waals surface area contributed by atoms with Crippen molar-refractivity contribution >= 4 is 5.97 Å². The fourth-order valence-electron chi connectivity index (χ4n) is 2.28. The first-order valence-corrected chi connectivity index (χ1v) is 6.74. The van der Waals surface area contributed by atoms with Crippen molar-refractivity contribution in [3.05, 3.63) is 66.1 Å². The Labute approximate surface area is 122 Å². The van der Waals surface area contributed by atoms with Gasteiger partial charge in [0.1, 0.15) is 5.56 Å². The molecule has 2 heterocycles. The topological polar surface area (TPSA) is 60.1 Å². The maximum atomic E-state index is 11.4. The molecule has 0 bridgehead atoms. The van der Waals surface area contributed by atoms with E-state index in [9.17, 15) is 9.90 Å². The number of carboxylic acids is 1. The monoisotopic (exact) mass is 281 g/mol. The summed E-state index contributed by atoms with van der Waals surface area (Å²) in [5.74, 6) is -0.466. The van der Waals surface area contributed by atoms with Crippen LogP contribution in [0.1, 0.15) is 22.8 Å². The number of benzene rings is 1. The van der Waals surface area contributed by atoms with Crippen molar-refractivity contribution in [3.63, 3.8) is 0 Å². The van der Waals surface area contributed by atoms with Gasteiger partial charge < -0.3 is 9.67 Å². The van der Waals surface area contributed by atoms with E-state index < -0.39 is 5.97 Å². The number of aromatic carboxylic acids is 1. The highest BCUT2D eigenvalue weighted by atomic mass is 16.4.